The van der Waals surface area contributed by atoms with Crippen LogP contribution in [0.25, 0.3) is 0 Å². The molecule has 2 fully saturated rings. The topological polar surface area (TPSA) is 111 Å². The Hall–Kier alpha value is -2.64. The number of cyclic esters (lactones) is 1. The van der Waals surface area contributed by atoms with Gasteiger partial charge in [0.15, 0.2) is 0 Å². The molecule has 10 heteroatoms. The molecule has 2 aliphatic rings. The number of carbonyl (C=O) groups is 1. The first-order valence-electron chi connectivity index (χ1n) is 9.57. The lowest BCUT2D eigenvalue weighted by molar-refractivity contribution is 0.139. The first kappa shape index (κ1) is 22.1. The van der Waals surface area contributed by atoms with E-state index in [1.54, 1.807) is 18.2 Å². The zero-order chi connectivity index (χ0) is 22.1. The average Bonchev–Trinajstić information content (AvgIpc) is 3.02. The maximum atomic E-state index is 14.9. The van der Waals surface area contributed by atoms with Crippen LogP contribution in [-0.2, 0) is 14.9 Å². The van der Waals surface area contributed by atoms with Gasteiger partial charge in [-0.05, 0) is 24.6 Å². The van der Waals surface area contributed by atoms with Crippen LogP contribution in [0.5, 0.6) is 0 Å². The van der Waals surface area contributed by atoms with Crippen molar-refractivity contribution in [2.45, 2.75) is 32.8 Å². The van der Waals surface area contributed by atoms with E-state index in [4.69, 9.17) is 14.6 Å². The minimum absolute atomic E-state index is 0.0386. The van der Waals surface area contributed by atoms with E-state index in [9.17, 15) is 17.6 Å². The summed E-state index contributed by atoms with van der Waals surface area (Å²) >= 11 is 0. The number of hydrogen-bond acceptors (Lipinski definition) is 6. The molecule has 1 N–H and O–H groups in total. The van der Waals surface area contributed by atoms with Gasteiger partial charge in [0, 0.05) is 31.0 Å². The number of ether oxygens (including phenoxy) is 1. The van der Waals surface area contributed by atoms with Crippen LogP contribution < -0.4 is 9.80 Å². The molecule has 1 atom stereocenters. The zero-order valence-electron chi connectivity index (χ0n) is 16.8. The standard InChI is InChI=1S/C20H24FN3O5S/c1-20(2)13-23(9-6-14(20)5-8-22)18-4-3-15(11-17(18)21)24-12-16(29-19(24)25)7-10-30(26,27)28/h3-5,11,16H,6-7,9-10,12-13H2,1-2H3,(H,26,27,28). The third-order valence-electron chi connectivity index (χ3n) is 5.50. The highest BCUT2D eigenvalue weighted by Crippen LogP contribution is 2.38. The molecule has 2 heterocycles. The van der Waals surface area contributed by atoms with Gasteiger partial charge in [-0.15, -0.1) is 0 Å². The largest absolute Gasteiger partial charge is 0.444 e. The fourth-order valence-corrected chi connectivity index (χ4v) is 4.45. The third-order valence-corrected chi connectivity index (χ3v) is 6.25. The molecule has 0 aromatic heterocycles. The summed E-state index contributed by atoms with van der Waals surface area (Å²) in [6.45, 7) is 5.24. The van der Waals surface area contributed by atoms with Crippen molar-refractivity contribution in [3.8, 4) is 6.07 Å². The summed E-state index contributed by atoms with van der Waals surface area (Å²) in [4.78, 5) is 15.3. The summed E-state index contributed by atoms with van der Waals surface area (Å²) in [6, 6.07) is 6.56. The molecule has 1 aromatic carbocycles. The molecular formula is C20H24FN3O5S. The molecule has 0 radical (unpaired) electrons. The van der Waals surface area contributed by atoms with Gasteiger partial charge in [-0.2, -0.15) is 13.7 Å². The van der Waals surface area contributed by atoms with Gasteiger partial charge in [-0.1, -0.05) is 19.4 Å². The second-order valence-electron chi connectivity index (χ2n) is 8.18. The first-order chi connectivity index (χ1) is 14.0. The van der Waals surface area contributed by atoms with E-state index in [1.165, 1.54) is 11.0 Å². The van der Waals surface area contributed by atoms with Gasteiger partial charge in [0.05, 0.1) is 29.7 Å². The number of piperidine rings is 1. The molecule has 1 unspecified atom stereocenters. The van der Waals surface area contributed by atoms with Crippen LogP contribution in [0.15, 0.2) is 29.8 Å². The Balaban J connectivity index is 1.72. The summed E-state index contributed by atoms with van der Waals surface area (Å²) in [5, 5.41) is 8.94. The van der Waals surface area contributed by atoms with Crippen LogP contribution in [0, 0.1) is 22.6 Å². The number of allylic oxidation sites excluding steroid dienone is 1. The van der Waals surface area contributed by atoms with E-state index in [2.05, 4.69) is 6.07 Å². The fourth-order valence-electron chi connectivity index (χ4n) is 3.89. The molecule has 0 spiro atoms. The monoisotopic (exact) mass is 437 g/mol. The molecule has 1 amide bonds. The normalized spacial score (nSPS) is 22.8. The molecule has 1 aromatic rings. The maximum absolute atomic E-state index is 14.9. The van der Waals surface area contributed by atoms with E-state index in [-0.39, 0.29) is 18.4 Å². The number of anilines is 2. The van der Waals surface area contributed by atoms with Crippen LogP contribution in [0.4, 0.5) is 20.6 Å². The molecule has 2 aliphatic heterocycles. The molecule has 8 nitrogen and oxygen atoms in total. The number of nitrogens with zero attached hydrogens (tertiary/aromatic N) is 3. The van der Waals surface area contributed by atoms with E-state index < -0.39 is 33.9 Å². The number of rotatable bonds is 5. The molecule has 162 valence electrons. The lowest BCUT2D eigenvalue weighted by atomic mass is 9.78. The first-order valence-corrected chi connectivity index (χ1v) is 11.2. The summed E-state index contributed by atoms with van der Waals surface area (Å²) in [6.07, 6.45) is 0.802. The second kappa shape index (κ2) is 8.24. The molecule has 0 aliphatic carbocycles. The average molecular weight is 437 g/mol. The number of benzene rings is 1. The molecule has 30 heavy (non-hydrogen) atoms. The van der Waals surface area contributed by atoms with E-state index in [1.807, 2.05) is 18.7 Å². The van der Waals surface area contributed by atoms with Gasteiger partial charge < -0.3 is 9.64 Å². The minimum atomic E-state index is -4.15. The van der Waals surface area contributed by atoms with Gasteiger partial charge in [0.1, 0.15) is 11.9 Å². The van der Waals surface area contributed by atoms with Crippen LogP contribution in [0.3, 0.4) is 0 Å². The summed E-state index contributed by atoms with van der Waals surface area (Å²) in [7, 11) is -4.15. The van der Waals surface area contributed by atoms with Gasteiger partial charge >= 0.3 is 6.09 Å². The smallest absolute Gasteiger partial charge is 0.414 e. The highest BCUT2D eigenvalue weighted by Gasteiger charge is 2.35. The number of carbonyl (C=O) groups excluding carboxylic acids is 1. The van der Waals surface area contributed by atoms with Crippen molar-refractivity contribution in [2.75, 3.05) is 35.2 Å². The second-order valence-corrected chi connectivity index (χ2v) is 9.75. The number of amides is 1. The Labute approximate surface area is 175 Å². The number of nitriles is 1. The Morgan fingerprint density at radius 3 is 2.77 bits per heavy atom. The van der Waals surface area contributed by atoms with Crippen molar-refractivity contribution in [2.24, 2.45) is 5.41 Å². The third kappa shape index (κ3) is 4.91. The lowest BCUT2D eigenvalue weighted by Crippen LogP contribution is -2.42. The Kier molecular flexibility index (Phi) is 6.06. The maximum Gasteiger partial charge on any atom is 0.414 e. The van der Waals surface area contributed by atoms with Gasteiger partial charge in [-0.3, -0.25) is 9.45 Å². The lowest BCUT2D eigenvalue weighted by Gasteiger charge is -2.41. The van der Waals surface area contributed by atoms with E-state index in [0.717, 1.165) is 5.57 Å². The highest BCUT2D eigenvalue weighted by atomic mass is 32.2. The summed E-state index contributed by atoms with van der Waals surface area (Å²) in [5.74, 6) is -0.996. The van der Waals surface area contributed by atoms with Gasteiger partial charge in [0.25, 0.3) is 10.1 Å². The molecule has 0 bridgehead atoms. The molecule has 2 saturated heterocycles. The van der Waals surface area contributed by atoms with Crippen LogP contribution in [-0.4, -0.2) is 50.6 Å². The zero-order valence-corrected chi connectivity index (χ0v) is 17.7. The number of halogens is 1. The molecular weight excluding hydrogens is 413 g/mol. The van der Waals surface area contributed by atoms with Crippen molar-refractivity contribution in [3.05, 3.63) is 35.7 Å². The Morgan fingerprint density at radius 1 is 1.43 bits per heavy atom. The Bertz CT molecular complexity index is 1020. The predicted molar refractivity (Wildman–Crippen MR) is 109 cm³/mol. The highest BCUT2D eigenvalue weighted by molar-refractivity contribution is 7.85. The van der Waals surface area contributed by atoms with Crippen molar-refractivity contribution >= 4 is 27.6 Å². The van der Waals surface area contributed by atoms with Crippen molar-refractivity contribution in [1.82, 2.24) is 0 Å². The van der Waals surface area contributed by atoms with E-state index >= 15 is 0 Å². The van der Waals surface area contributed by atoms with E-state index in [0.29, 0.717) is 30.9 Å². The fraction of sp³-hybridized carbons (Fsp3) is 0.500. The van der Waals surface area contributed by atoms with Gasteiger partial charge in [0.2, 0.25) is 0 Å². The quantitative estimate of drug-likeness (QED) is 0.556. The van der Waals surface area contributed by atoms with Crippen LogP contribution >= 0.6 is 0 Å². The number of hydrogen-bond donors (Lipinski definition) is 1. The minimum Gasteiger partial charge on any atom is -0.444 e. The van der Waals surface area contributed by atoms with Gasteiger partial charge in [-0.25, -0.2) is 9.18 Å². The Morgan fingerprint density at radius 2 is 2.17 bits per heavy atom. The molecule has 3 rings (SSSR count). The SMILES string of the molecule is CC1(C)CN(c2ccc(N3CC(CCS(=O)(=O)O)OC3=O)cc2F)CCC1=CC#N. The van der Waals surface area contributed by atoms with Crippen LogP contribution in [0.2, 0.25) is 0 Å². The summed E-state index contributed by atoms with van der Waals surface area (Å²) in [5.41, 5.74) is 1.50. The van der Waals surface area contributed by atoms with Crippen molar-refractivity contribution < 1.29 is 26.9 Å². The predicted octanol–water partition coefficient (Wildman–Crippen LogP) is 3.12. The summed E-state index contributed by atoms with van der Waals surface area (Å²) < 4.78 is 50.6. The van der Waals surface area contributed by atoms with Crippen molar-refractivity contribution in [3.63, 3.8) is 0 Å². The van der Waals surface area contributed by atoms with Crippen molar-refractivity contribution in [1.29, 1.82) is 5.26 Å². The molecule has 0 saturated carbocycles. The van der Waals surface area contributed by atoms with Crippen LogP contribution in [0.1, 0.15) is 26.7 Å².